The highest BCUT2D eigenvalue weighted by Gasteiger charge is 2.24. The van der Waals surface area contributed by atoms with Gasteiger partial charge in [-0.3, -0.25) is 9.59 Å². The van der Waals surface area contributed by atoms with Crippen molar-refractivity contribution in [2.24, 2.45) is 0 Å². The Kier molecular flexibility index (Phi) is 7.60. The summed E-state index contributed by atoms with van der Waals surface area (Å²) >= 11 is 0. The lowest BCUT2D eigenvalue weighted by Crippen LogP contribution is -2.48. The van der Waals surface area contributed by atoms with Gasteiger partial charge in [-0.15, -0.1) is 0 Å². The van der Waals surface area contributed by atoms with E-state index in [4.69, 9.17) is 5.26 Å². The Morgan fingerprint density at radius 2 is 1.77 bits per heavy atom. The maximum absolute atomic E-state index is 14.5. The number of nitrogens with one attached hydrogen (secondary N) is 2. The third-order valence-corrected chi connectivity index (χ3v) is 6.34. The van der Waals surface area contributed by atoms with Gasteiger partial charge in [-0.1, -0.05) is 0 Å². The molecule has 1 aromatic heterocycles. The summed E-state index contributed by atoms with van der Waals surface area (Å²) < 4.78 is 14.5. The van der Waals surface area contributed by atoms with E-state index < -0.39 is 5.82 Å². The summed E-state index contributed by atoms with van der Waals surface area (Å²) in [5.74, 6) is -0.148. The minimum Gasteiger partial charge on any atom is -0.368 e. The number of hydrogen-bond donors (Lipinski definition) is 2. The minimum absolute atomic E-state index is 0.0291. The zero-order valence-corrected chi connectivity index (χ0v) is 19.7. The number of hydrogen-bond acceptors (Lipinski definition) is 8. The number of anilines is 4. The van der Waals surface area contributed by atoms with E-state index in [1.807, 2.05) is 40.1 Å². The molecular formula is C24H29FN8O2. The number of rotatable bonds is 6. The van der Waals surface area contributed by atoms with Gasteiger partial charge in [0.15, 0.2) is 11.6 Å². The largest absolute Gasteiger partial charge is 0.368 e. The molecule has 0 atom stereocenters. The number of benzene rings is 1. The van der Waals surface area contributed by atoms with E-state index in [-0.39, 0.29) is 30.1 Å². The van der Waals surface area contributed by atoms with Crippen molar-refractivity contribution in [2.75, 3.05) is 54.4 Å². The Bertz CT molecular complexity index is 1090. The number of carbonyl (C=O) groups excluding carboxylic acids is 2. The number of halogens is 1. The molecule has 0 unspecified atom stereocenters. The molecule has 2 amide bonds. The van der Waals surface area contributed by atoms with Crippen LogP contribution in [0.25, 0.3) is 0 Å². The van der Waals surface area contributed by atoms with Crippen LogP contribution >= 0.6 is 0 Å². The molecule has 35 heavy (non-hydrogen) atoms. The molecule has 0 spiro atoms. The molecule has 0 aliphatic carbocycles. The highest BCUT2D eigenvalue weighted by molar-refractivity contribution is 5.78. The maximum atomic E-state index is 14.5. The summed E-state index contributed by atoms with van der Waals surface area (Å²) in [6.07, 6.45) is 2.29. The molecule has 4 rings (SSSR count). The molecule has 184 valence electrons. The van der Waals surface area contributed by atoms with Crippen LogP contribution in [0.2, 0.25) is 0 Å². The van der Waals surface area contributed by atoms with Crippen LogP contribution in [-0.4, -0.2) is 72.0 Å². The second-order valence-corrected chi connectivity index (χ2v) is 8.69. The van der Waals surface area contributed by atoms with Crippen LogP contribution in [-0.2, 0) is 9.59 Å². The highest BCUT2D eigenvalue weighted by Crippen LogP contribution is 2.25. The summed E-state index contributed by atoms with van der Waals surface area (Å²) in [6.45, 7) is 5.67. The maximum Gasteiger partial charge on any atom is 0.234 e. The number of amides is 2. The number of piperazine rings is 1. The minimum atomic E-state index is -0.498. The average Bonchev–Trinajstić information content (AvgIpc) is 2.86. The third kappa shape index (κ3) is 6.15. The fourth-order valence-electron chi connectivity index (χ4n) is 4.39. The predicted octanol–water partition coefficient (Wildman–Crippen LogP) is 2.03. The van der Waals surface area contributed by atoms with Crippen LogP contribution in [0.3, 0.4) is 0 Å². The molecule has 2 aliphatic heterocycles. The van der Waals surface area contributed by atoms with Crippen LogP contribution in [0.4, 0.5) is 27.5 Å². The molecule has 2 aromatic rings. The van der Waals surface area contributed by atoms with E-state index >= 15 is 0 Å². The fourth-order valence-corrected chi connectivity index (χ4v) is 4.39. The second kappa shape index (κ2) is 11.0. The monoisotopic (exact) mass is 480 g/mol. The summed E-state index contributed by atoms with van der Waals surface area (Å²) in [4.78, 5) is 37.6. The molecule has 2 fully saturated rings. The predicted molar refractivity (Wildman–Crippen MR) is 130 cm³/mol. The molecule has 2 saturated heterocycles. The lowest BCUT2D eigenvalue weighted by molar-refractivity contribution is -0.129. The second-order valence-electron chi connectivity index (χ2n) is 8.69. The van der Waals surface area contributed by atoms with Crippen molar-refractivity contribution >= 4 is 35.0 Å². The van der Waals surface area contributed by atoms with Crippen LogP contribution < -0.4 is 20.4 Å². The number of nitriles is 1. The van der Waals surface area contributed by atoms with Crippen molar-refractivity contribution in [1.29, 1.82) is 5.26 Å². The van der Waals surface area contributed by atoms with Crippen LogP contribution in [0.1, 0.15) is 26.2 Å². The SMILES string of the molecule is CC(=O)N1CCN(c2ccc(Nc3ncc(F)c(N4CCC(NC(=O)CC#N)CC4)n3)cc2)CC1. The molecule has 0 radical (unpaired) electrons. The molecule has 3 heterocycles. The van der Waals surface area contributed by atoms with Gasteiger partial charge < -0.3 is 25.3 Å². The molecular weight excluding hydrogens is 451 g/mol. The molecule has 1 aromatic carbocycles. The molecule has 0 saturated carbocycles. The van der Waals surface area contributed by atoms with E-state index in [0.29, 0.717) is 45.0 Å². The number of carbonyl (C=O) groups is 2. The summed E-state index contributed by atoms with van der Waals surface area (Å²) in [7, 11) is 0. The quantitative estimate of drug-likeness (QED) is 0.645. The van der Waals surface area contributed by atoms with Gasteiger partial charge in [-0.05, 0) is 37.1 Å². The van der Waals surface area contributed by atoms with Crippen molar-refractivity contribution in [3.8, 4) is 6.07 Å². The third-order valence-electron chi connectivity index (χ3n) is 6.34. The van der Waals surface area contributed by atoms with Gasteiger partial charge in [0, 0.05) is 63.6 Å². The standard InChI is InChI=1S/C24H29FN8O2/c1-17(34)31-12-14-32(15-13-31)20-4-2-18(3-5-20)29-24-27-16-21(25)23(30-24)33-10-7-19(8-11-33)28-22(35)6-9-26/h2-5,16,19H,6-8,10-15H2,1H3,(H,28,35)(H,27,29,30). The Balaban J connectivity index is 1.34. The zero-order chi connectivity index (χ0) is 24.8. The van der Waals surface area contributed by atoms with Crippen molar-refractivity contribution < 1.29 is 14.0 Å². The van der Waals surface area contributed by atoms with Crippen molar-refractivity contribution in [1.82, 2.24) is 20.2 Å². The first kappa shape index (κ1) is 24.2. The molecule has 0 bridgehead atoms. The van der Waals surface area contributed by atoms with Gasteiger partial charge in [0.2, 0.25) is 17.8 Å². The average molecular weight is 481 g/mol. The first-order chi connectivity index (χ1) is 16.9. The van der Waals surface area contributed by atoms with E-state index in [9.17, 15) is 14.0 Å². The van der Waals surface area contributed by atoms with Crippen LogP contribution in [0.5, 0.6) is 0 Å². The van der Waals surface area contributed by atoms with E-state index in [2.05, 4.69) is 25.5 Å². The van der Waals surface area contributed by atoms with Crippen molar-refractivity contribution in [3.63, 3.8) is 0 Å². The number of piperidine rings is 1. The Morgan fingerprint density at radius 3 is 2.40 bits per heavy atom. The van der Waals surface area contributed by atoms with Crippen molar-refractivity contribution in [2.45, 2.75) is 32.2 Å². The van der Waals surface area contributed by atoms with Gasteiger partial charge in [-0.25, -0.2) is 9.37 Å². The van der Waals surface area contributed by atoms with E-state index in [0.717, 1.165) is 30.7 Å². The van der Waals surface area contributed by atoms with Gasteiger partial charge in [0.1, 0.15) is 6.42 Å². The summed E-state index contributed by atoms with van der Waals surface area (Å²) in [5.41, 5.74) is 1.86. The normalized spacial score (nSPS) is 16.5. The van der Waals surface area contributed by atoms with Gasteiger partial charge in [0.05, 0.1) is 12.3 Å². The number of aromatic nitrogens is 2. The first-order valence-electron chi connectivity index (χ1n) is 11.7. The number of nitrogens with zero attached hydrogens (tertiary/aromatic N) is 6. The lowest BCUT2D eigenvalue weighted by atomic mass is 10.0. The van der Waals surface area contributed by atoms with Crippen LogP contribution in [0, 0.1) is 17.1 Å². The Morgan fingerprint density at radius 1 is 1.09 bits per heavy atom. The smallest absolute Gasteiger partial charge is 0.234 e. The Hall–Kier alpha value is -3.94. The summed E-state index contributed by atoms with van der Waals surface area (Å²) in [5, 5.41) is 14.6. The summed E-state index contributed by atoms with van der Waals surface area (Å²) in [6, 6.07) is 9.66. The van der Waals surface area contributed by atoms with Crippen LogP contribution in [0.15, 0.2) is 30.5 Å². The molecule has 10 nitrogen and oxygen atoms in total. The van der Waals surface area contributed by atoms with Gasteiger partial charge in [-0.2, -0.15) is 10.2 Å². The molecule has 2 N–H and O–H groups in total. The zero-order valence-electron chi connectivity index (χ0n) is 19.7. The van der Waals surface area contributed by atoms with E-state index in [1.165, 1.54) is 0 Å². The van der Waals surface area contributed by atoms with Gasteiger partial charge >= 0.3 is 0 Å². The lowest BCUT2D eigenvalue weighted by Gasteiger charge is -2.35. The van der Waals surface area contributed by atoms with Crippen molar-refractivity contribution in [3.05, 3.63) is 36.3 Å². The molecule has 11 heteroatoms. The van der Waals surface area contributed by atoms with Gasteiger partial charge in [0.25, 0.3) is 0 Å². The van der Waals surface area contributed by atoms with E-state index in [1.54, 1.807) is 6.92 Å². The molecule has 2 aliphatic rings. The highest BCUT2D eigenvalue weighted by atomic mass is 19.1. The topological polar surface area (TPSA) is 117 Å². The Labute approximate surface area is 203 Å². The fraction of sp³-hybridized carbons (Fsp3) is 0.458. The first-order valence-corrected chi connectivity index (χ1v) is 11.7.